The normalized spacial score (nSPS) is 24.2. The van der Waals surface area contributed by atoms with Gasteiger partial charge >= 0.3 is 20.9 Å². The lowest BCUT2D eigenvalue weighted by atomic mass is 10.0. The maximum absolute atomic E-state index is 12.7. The summed E-state index contributed by atoms with van der Waals surface area (Å²) in [6.07, 6.45) is -1.06. The largest absolute Gasteiger partial charge is 0.390 e. The van der Waals surface area contributed by atoms with Crippen molar-refractivity contribution in [2.24, 2.45) is 11.8 Å². The molecule has 0 saturated heterocycles. The van der Waals surface area contributed by atoms with Crippen LogP contribution in [-0.4, -0.2) is 108 Å². The minimum atomic E-state index is -4.80. The van der Waals surface area contributed by atoms with Gasteiger partial charge in [-0.1, -0.05) is 71.9 Å². The van der Waals surface area contributed by atoms with Crippen LogP contribution < -0.4 is 11.2 Å². The van der Waals surface area contributed by atoms with Crippen molar-refractivity contribution in [2.75, 3.05) is 57.3 Å². The highest BCUT2D eigenvalue weighted by atomic mass is 31.2. The molecular formula is C31H55N5O10P2. The second kappa shape index (κ2) is 19.4. The summed E-state index contributed by atoms with van der Waals surface area (Å²) in [4.78, 5) is 54.2. The molecule has 6 atom stereocenters. The Labute approximate surface area is 283 Å². The van der Waals surface area contributed by atoms with E-state index in [1.807, 2.05) is 30.3 Å². The number of anilines is 1. The Bertz CT molecular complexity index is 1370. The standard InChI is InChI=1S/C19H25N3O10P2.2C6H15N/c23-16-13(10-32-34(29,30)11-33(26,27)28)14-8-19(14,17(16)24)22-7-6-15(20-18(22)25)21-31-9-12-4-2-1-3-5-12;2*1-4-7(5-2)6-3/h1-7,13-14,16-17,23-24H,8-11H2,(H,29,30)(H,20,21,25)(H2,26,27,28);2*4-6H2,1-3H3/t13-,14-,16+,17+,19+;;/m0../s1. The van der Waals surface area contributed by atoms with Gasteiger partial charge in [-0.2, -0.15) is 4.98 Å². The molecule has 0 radical (unpaired) electrons. The molecule has 2 saturated carbocycles. The van der Waals surface area contributed by atoms with Gasteiger partial charge in [0.15, 0.2) is 11.7 Å². The van der Waals surface area contributed by atoms with Gasteiger partial charge in [-0.05, 0) is 63.2 Å². The summed E-state index contributed by atoms with van der Waals surface area (Å²) in [6, 6.07) is 10.8. The van der Waals surface area contributed by atoms with Crippen LogP contribution in [0.3, 0.4) is 0 Å². The number of aliphatic hydroxyl groups is 2. The third kappa shape index (κ3) is 12.1. The number of benzene rings is 1. The van der Waals surface area contributed by atoms with Gasteiger partial charge in [0.05, 0.1) is 24.9 Å². The number of aromatic nitrogens is 2. The van der Waals surface area contributed by atoms with Crippen molar-refractivity contribution in [2.45, 2.75) is 72.3 Å². The highest BCUT2D eigenvalue weighted by Crippen LogP contribution is 2.64. The number of nitrogens with one attached hydrogen (secondary N) is 1. The molecule has 2 fully saturated rings. The highest BCUT2D eigenvalue weighted by molar-refractivity contribution is 7.70. The van der Waals surface area contributed by atoms with Gasteiger partial charge in [-0.3, -0.25) is 18.5 Å². The number of hydrogen-bond acceptors (Lipinski definition) is 11. The lowest BCUT2D eigenvalue weighted by Gasteiger charge is -2.25. The predicted molar refractivity (Wildman–Crippen MR) is 185 cm³/mol. The SMILES string of the molecule is CCN(CC)CC.CCN(CC)CC.O=c1nc(NOCc2ccccc2)ccn1[C@]12C[C@H]1[C@H](COP(=O)(O)CP(=O)(O)O)[C@@H](O)[C@H]2O. The summed E-state index contributed by atoms with van der Waals surface area (Å²) in [5.41, 5.74) is 1.63. The van der Waals surface area contributed by atoms with Crippen molar-refractivity contribution in [3.63, 3.8) is 0 Å². The van der Waals surface area contributed by atoms with Crippen molar-refractivity contribution in [3.05, 3.63) is 58.6 Å². The van der Waals surface area contributed by atoms with E-state index >= 15 is 0 Å². The van der Waals surface area contributed by atoms with E-state index in [9.17, 15) is 29.0 Å². The van der Waals surface area contributed by atoms with Gasteiger partial charge in [0.25, 0.3) is 0 Å². The monoisotopic (exact) mass is 719 g/mol. The predicted octanol–water partition coefficient (Wildman–Crippen LogP) is 2.89. The average molecular weight is 720 g/mol. The zero-order valence-corrected chi connectivity index (χ0v) is 30.7. The first-order valence-electron chi connectivity index (χ1n) is 16.5. The molecule has 17 heteroatoms. The van der Waals surface area contributed by atoms with E-state index in [1.54, 1.807) is 0 Å². The van der Waals surface area contributed by atoms with Crippen molar-refractivity contribution in [3.8, 4) is 0 Å². The fraction of sp³-hybridized carbons (Fsp3) is 0.677. The van der Waals surface area contributed by atoms with Gasteiger partial charge in [-0.25, -0.2) is 10.3 Å². The Hall–Kier alpha value is -2.00. The van der Waals surface area contributed by atoms with Crippen LogP contribution in [0, 0.1) is 11.8 Å². The van der Waals surface area contributed by atoms with Crippen LogP contribution in [0.5, 0.6) is 0 Å². The Balaban J connectivity index is 0.000000479. The number of aliphatic hydroxyl groups excluding tert-OH is 2. The lowest BCUT2D eigenvalue weighted by Crippen LogP contribution is -2.43. The third-order valence-electron chi connectivity index (χ3n) is 8.85. The van der Waals surface area contributed by atoms with Crippen LogP contribution in [0.4, 0.5) is 5.82 Å². The molecule has 2 aliphatic carbocycles. The average Bonchev–Trinajstić information content (AvgIpc) is 3.73. The number of nitrogens with zero attached hydrogens (tertiary/aromatic N) is 4. The Morgan fingerprint density at radius 1 is 0.917 bits per heavy atom. The van der Waals surface area contributed by atoms with E-state index in [4.69, 9.17) is 19.1 Å². The fourth-order valence-corrected chi connectivity index (χ4v) is 8.51. The summed E-state index contributed by atoms with van der Waals surface area (Å²) in [5.74, 6) is -2.51. The third-order valence-corrected chi connectivity index (χ3v) is 12.3. The summed E-state index contributed by atoms with van der Waals surface area (Å²) in [7, 11) is -9.42. The van der Waals surface area contributed by atoms with Crippen molar-refractivity contribution >= 4 is 21.0 Å². The maximum Gasteiger partial charge on any atom is 0.350 e. The Morgan fingerprint density at radius 3 is 1.92 bits per heavy atom. The fourth-order valence-electron chi connectivity index (χ4n) is 5.92. The number of rotatable bonds is 16. The first-order valence-corrected chi connectivity index (χ1v) is 20.0. The quantitative estimate of drug-likeness (QED) is 0.109. The molecule has 48 heavy (non-hydrogen) atoms. The zero-order chi connectivity index (χ0) is 36.1. The molecule has 1 unspecified atom stereocenters. The van der Waals surface area contributed by atoms with Crippen LogP contribution in [-0.2, 0) is 30.6 Å². The Morgan fingerprint density at radius 2 is 1.46 bits per heavy atom. The molecule has 0 bridgehead atoms. The maximum atomic E-state index is 12.7. The molecular weight excluding hydrogens is 664 g/mol. The van der Waals surface area contributed by atoms with E-state index < -0.39 is 63.0 Å². The van der Waals surface area contributed by atoms with Gasteiger partial charge in [0, 0.05) is 12.1 Å². The molecule has 1 aromatic heterocycles. The van der Waals surface area contributed by atoms with E-state index in [0.717, 1.165) is 5.56 Å². The van der Waals surface area contributed by atoms with Gasteiger partial charge in [0.1, 0.15) is 6.10 Å². The second-order valence-corrected chi connectivity index (χ2v) is 15.7. The molecule has 1 heterocycles. The molecule has 274 valence electrons. The first-order chi connectivity index (χ1) is 22.6. The zero-order valence-electron chi connectivity index (χ0n) is 28.9. The molecule has 0 amide bonds. The van der Waals surface area contributed by atoms with Crippen LogP contribution in [0.15, 0.2) is 47.4 Å². The van der Waals surface area contributed by atoms with Gasteiger partial charge in [-0.15, -0.1) is 0 Å². The van der Waals surface area contributed by atoms with Crippen LogP contribution in [0.25, 0.3) is 0 Å². The lowest BCUT2D eigenvalue weighted by molar-refractivity contribution is -0.0268. The van der Waals surface area contributed by atoms with E-state index in [0.29, 0.717) is 0 Å². The molecule has 4 rings (SSSR count). The van der Waals surface area contributed by atoms with Gasteiger partial charge in [0.2, 0.25) is 0 Å². The second-order valence-electron chi connectivity index (χ2n) is 11.7. The first kappa shape index (κ1) is 42.2. The molecule has 1 aromatic carbocycles. The van der Waals surface area contributed by atoms with E-state index in [1.165, 1.54) is 56.1 Å². The minimum Gasteiger partial charge on any atom is -0.390 e. The highest BCUT2D eigenvalue weighted by Gasteiger charge is 2.72. The van der Waals surface area contributed by atoms with Crippen LogP contribution >= 0.6 is 15.2 Å². The summed E-state index contributed by atoms with van der Waals surface area (Å²) in [5, 5.41) is 21.1. The summed E-state index contributed by atoms with van der Waals surface area (Å²) < 4.78 is 29.0. The number of hydrogen-bond donors (Lipinski definition) is 6. The smallest absolute Gasteiger partial charge is 0.350 e. The molecule has 15 nitrogen and oxygen atoms in total. The molecule has 6 N–H and O–H groups in total. The van der Waals surface area contributed by atoms with Crippen molar-refractivity contribution < 1.29 is 43.4 Å². The molecule has 0 spiro atoms. The summed E-state index contributed by atoms with van der Waals surface area (Å²) in [6.45, 7) is 20.0. The van der Waals surface area contributed by atoms with Crippen LogP contribution in [0.1, 0.15) is 53.5 Å². The molecule has 2 aliphatic rings. The summed E-state index contributed by atoms with van der Waals surface area (Å²) >= 11 is 0. The van der Waals surface area contributed by atoms with Gasteiger partial charge < -0.3 is 39.2 Å². The molecule has 0 aliphatic heterocycles. The van der Waals surface area contributed by atoms with Crippen LogP contribution in [0.2, 0.25) is 0 Å². The number of fused-ring (bicyclic) bond motifs is 1. The minimum absolute atomic E-state index is 0.150. The van der Waals surface area contributed by atoms with Crippen molar-refractivity contribution in [1.29, 1.82) is 0 Å². The topological polar surface area (TPSA) is 207 Å². The molecule has 2 aromatic rings. The Kier molecular flexibility index (Phi) is 17.0. The van der Waals surface area contributed by atoms with E-state index in [2.05, 4.69) is 61.8 Å². The van der Waals surface area contributed by atoms with E-state index in [-0.39, 0.29) is 18.8 Å². The van der Waals surface area contributed by atoms with Crippen molar-refractivity contribution in [1.82, 2.24) is 19.4 Å².